The molecule has 170 valence electrons. The number of aromatic nitrogens is 1. The van der Waals surface area contributed by atoms with E-state index in [2.05, 4.69) is 10.5 Å². The van der Waals surface area contributed by atoms with Crippen molar-refractivity contribution in [3.63, 3.8) is 0 Å². The van der Waals surface area contributed by atoms with Crippen molar-refractivity contribution in [1.29, 1.82) is 0 Å². The van der Waals surface area contributed by atoms with Crippen molar-refractivity contribution in [2.75, 3.05) is 33.3 Å². The third-order valence-electron chi connectivity index (χ3n) is 6.39. The average Bonchev–Trinajstić information content (AvgIpc) is 3.29. The van der Waals surface area contributed by atoms with Gasteiger partial charge in [0.25, 0.3) is 5.91 Å². The SMILES string of the molecule is COC(=O)C(CC(=O)N1CCC2(CCN(C(=O)c3c(C)noc3C)CC2)C1)NC(C)=O. The lowest BCUT2D eigenvalue weighted by Gasteiger charge is -2.39. The van der Waals surface area contributed by atoms with Crippen molar-refractivity contribution in [1.82, 2.24) is 20.3 Å². The lowest BCUT2D eigenvalue weighted by Crippen LogP contribution is -2.46. The highest BCUT2D eigenvalue weighted by Gasteiger charge is 2.43. The van der Waals surface area contributed by atoms with Gasteiger partial charge in [-0.1, -0.05) is 5.16 Å². The summed E-state index contributed by atoms with van der Waals surface area (Å²) in [7, 11) is 1.23. The number of esters is 1. The lowest BCUT2D eigenvalue weighted by atomic mass is 9.77. The number of hydrogen-bond donors (Lipinski definition) is 1. The highest BCUT2D eigenvalue weighted by atomic mass is 16.5. The van der Waals surface area contributed by atoms with E-state index in [-0.39, 0.29) is 23.7 Å². The number of aryl methyl sites for hydroxylation is 2. The molecule has 1 aromatic rings. The quantitative estimate of drug-likeness (QED) is 0.681. The molecule has 2 saturated heterocycles. The predicted octanol–water partition coefficient (Wildman–Crippen LogP) is 0.814. The van der Waals surface area contributed by atoms with Gasteiger partial charge in [0, 0.05) is 33.1 Å². The minimum atomic E-state index is -0.985. The van der Waals surface area contributed by atoms with E-state index in [1.54, 1.807) is 18.7 Å². The first-order valence-electron chi connectivity index (χ1n) is 10.5. The predicted molar refractivity (Wildman–Crippen MR) is 109 cm³/mol. The topological polar surface area (TPSA) is 122 Å². The molecule has 2 aliphatic heterocycles. The third-order valence-corrected chi connectivity index (χ3v) is 6.39. The summed E-state index contributed by atoms with van der Waals surface area (Å²) >= 11 is 0. The van der Waals surface area contributed by atoms with Crippen LogP contribution in [0.1, 0.15) is 54.4 Å². The Kier molecular flexibility index (Phi) is 6.66. The van der Waals surface area contributed by atoms with Crippen molar-refractivity contribution < 1.29 is 28.4 Å². The van der Waals surface area contributed by atoms with E-state index in [1.165, 1.54) is 14.0 Å². The molecule has 1 atom stereocenters. The normalized spacial score (nSPS) is 18.7. The fourth-order valence-electron chi connectivity index (χ4n) is 4.57. The second-order valence-corrected chi connectivity index (χ2v) is 8.54. The molecule has 1 spiro atoms. The maximum absolute atomic E-state index is 12.9. The number of nitrogens with zero attached hydrogens (tertiary/aromatic N) is 3. The number of carbonyl (C=O) groups excluding carboxylic acids is 4. The summed E-state index contributed by atoms with van der Waals surface area (Å²) in [5.41, 5.74) is 1.10. The summed E-state index contributed by atoms with van der Waals surface area (Å²) in [6, 6.07) is -0.985. The number of hydrogen-bond acceptors (Lipinski definition) is 7. The maximum Gasteiger partial charge on any atom is 0.328 e. The Morgan fingerprint density at radius 2 is 1.74 bits per heavy atom. The minimum absolute atomic E-state index is 0.0278. The summed E-state index contributed by atoms with van der Waals surface area (Å²) < 4.78 is 9.82. The Bertz CT molecular complexity index is 852. The van der Waals surface area contributed by atoms with Crippen molar-refractivity contribution in [2.45, 2.75) is 52.5 Å². The van der Waals surface area contributed by atoms with Gasteiger partial charge in [0.15, 0.2) is 0 Å². The number of rotatable bonds is 5. The Balaban J connectivity index is 1.57. The molecule has 2 fully saturated rings. The zero-order valence-corrected chi connectivity index (χ0v) is 18.5. The largest absolute Gasteiger partial charge is 0.467 e. The molecule has 3 heterocycles. The van der Waals surface area contributed by atoms with Crippen LogP contribution < -0.4 is 5.32 Å². The molecule has 0 radical (unpaired) electrons. The number of piperidine rings is 1. The van der Waals surface area contributed by atoms with Crippen LogP contribution in [0.2, 0.25) is 0 Å². The summed E-state index contributed by atoms with van der Waals surface area (Å²) in [6.45, 7) is 7.21. The maximum atomic E-state index is 12.9. The van der Waals surface area contributed by atoms with E-state index in [0.717, 1.165) is 19.3 Å². The number of ether oxygens (including phenoxy) is 1. The van der Waals surface area contributed by atoms with Gasteiger partial charge in [-0.25, -0.2) is 4.79 Å². The molecular weight excluding hydrogens is 404 g/mol. The van der Waals surface area contributed by atoms with Crippen LogP contribution in [0, 0.1) is 19.3 Å². The summed E-state index contributed by atoms with van der Waals surface area (Å²) in [4.78, 5) is 52.4. The first-order valence-corrected chi connectivity index (χ1v) is 10.5. The number of amides is 3. The van der Waals surface area contributed by atoms with Gasteiger partial charge in [-0.2, -0.15) is 0 Å². The Labute approximate surface area is 181 Å². The molecule has 3 rings (SSSR count). The van der Waals surface area contributed by atoms with Gasteiger partial charge < -0.3 is 24.4 Å². The first-order chi connectivity index (χ1) is 14.7. The highest BCUT2D eigenvalue weighted by Crippen LogP contribution is 2.41. The van der Waals surface area contributed by atoms with Crippen molar-refractivity contribution in [3.05, 3.63) is 17.0 Å². The lowest BCUT2D eigenvalue weighted by molar-refractivity contribution is -0.147. The standard InChI is InChI=1S/C21H30N4O6/c1-13-18(14(2)31-23-13)19(28)24-8-5-21(6-9-24)7-10-25(12-21)17(27)11-16(20(29)30-4)22-15(3)26/h16H,5-12H2,1-4H3,(H,22,26). The van der Waals surface area contributed by atoms with E-state index < -0.39 is 17.9 Å². The molecule has 1 aromatic heterocycles. The van der Waals surface area contributed by atoms with Crippen molar-refractivity contribution >= 4 is 23.7 Å². The van der Waals surface area contributed by atoms with Gasteiger partial charge in [-0.3, -0.25) is 14.4 Å². The van der Waals surface area contributed by atoms with E-state index in [1.807, 2.05) is 4.90 Å². The molecule has 2 aliphatic rings. The van der Waals surface area contributed by atoms with Crippen LogP contribution in [0.15, 0.2) is 4.52 Å². The first kappa shape index (κ1) is 22.8. The van der Waals surface area contributed by atoms with Crippen LogP contribution in [0.25, 0.3) is 0 Å². The summed E-state index contributed by atoms with van der Waals surface area (Å²) in [6.07, 6.45) is 2.34. The van der Waals surface area contributed by atoms with Gasteiger partial charge in [-0.15, -0.1) is 0 Å². The fourth-order valence-corrected chi connectivity index (χ4v) is 4.57. The highest BCUT2D eigenvalue weighted by molar-refractivity contribution is 5.96. The van der Waals surface area contributed by atoms with Gasteiger partial charge in [0.05, 0.1) is 19.2 Å². The molecule has 10 heteroatoms. The smallest absolute Gasteiger partial charge is 0.328 e. The molecule has 31 heavy (non-hydrogen) atoms. The number of nitrogens with one attached hydrogen (secondary N) is 1. The van der Waals surface area contributed by atoms with Crippen molar-refractivity contribution in [3.8, 4) is 0 Å². The zero-order valence-electron chi connectivity index (χ0n) is 18.5. The van der Waals surface area contributed by atoms with Gasteiger partial charge in [-0.05, 0) is 38.5 Å². The summed E-state index contributed by atoms with van der Waals surface area (Å²) in [5, 5.41) is 6.35. The van der Waals surface area contributed by atoms with Crippen LogP contribution in [0.4, 0.5) is 0 Å². The van der Waals surface area contributed by atoms with Gasteiger partial charge in [0.2, 0.25) is 11.8 Å². The minimum Gasteiger partial charge on any atom is -0.467 e. The number of carbonyl (C=O) groups is 4. The van der Waals surface area contributed by atoms with E-state index in [4.69, 9.17) is 9.26 Å². The molecule has 0 aromatic carbocycles. The Hall–Kier alpha value is -2.91. The van der Waals surface area contributed by atoms with Gasteiger partial charge >= 0.3 is 5.97 Å². The van der Waals surface area contributed by atoms with Crippen LogP contribution in [0.3, 0.4) is 0 Å². The molecule has 1 N–H and O–H groups in total. The van der Waals surface area contributed by atoms with Crippen LogP contribution in [-0.2, 0) is 19.1 Å². The molecular formula is C21H30N4O6. The molecule has 1 unspecified atom stereocenters. The van der Waals surface area contributed by atoms with E-state index in [0.29, 0.717) is 43.2 Å². The fraction of sp³-hybridized carbons (Fsp3) is 0.667. The number of likely N-dealkylation sites (tertiary alicyclic amines) is 2. The van der Waals surface area contributed by atoms with Crippen LogP contribution in [-0.4, -0.2) is 78.0 Å². The third kappa shape index (κ3) is 4.88. The Morgan fingerprint density at radius 1 is 1.13 bits per heavy atom. The van der Waals surface area contributed by atoms with Crippen molar-refractivity contribution in [2.24, 2.45) is 5.41 Å². The number of methoxy groups -OCH3 is 1. The van der Waals surface area contributed by atoms with Gasteiger partial charge in [0.1, 0.15) is 17.4 Å². The average molecular weight is 434 g/mol. The Morgan fingerprint density at radius 3 is 2.26 bits per heavy atom. The molecule has 3 amide bonds. The zero-order chi connectivity index (χ0) is 22.8. The molecule has 0 bridgehead atoms. The summed E-state index contributed by atoms with van der Waals surface area (Å²) in [5.74, 6) is -0.747. The second-order valence-electron chi connectivity index (χ2n) is 8.54. The van der Waals surface area contributed by atoms with Crippen LogP contribution in [0.5, 0.6) is 0 Å². The van der Waals surface area contributed by atoms with E-state index >= 15 is 0 Å². The molecule has 0 aliphatic carbocycles. The van der Waals surface area contributed by atoms with Crippen LogP contribution >= 0.6 is 0 Å². The monoisotopic (exact) mass is 434 g/mol. The van der Waals surface area contributed by atoms with E-state index in [9.17, 15) is 19.2 Å². The second kappa shape index (κ2) is 9.07. The molecule has 10 nitrogen and oxygen atoms in total. The molecule has 0 saturated carbocycles.